The Bertz CT molecular complexity index is 587. The monoisotopic (exact) mass is 293 g/mol. The highest BCUT2D eigenvalue weighted by molar-refractivity contribution is 7.15. The van der Waals surface area contributed by atoms with Crippen molar-refractivity contribution in [1.82, 2.24) is 14.7 Å². The highest BCUT2D eigenvalue weighted by atomic mass is 32.1. The summed E-state index contributed by atoms with van der Waals surface area (Å²) >= 11 is 1.64. The van der Waals surface area contributed by atoms with Crippen LogP contribution in [0.3, 0.4) is 0 Å². The fourth-order valence-corrected chi connectivity index (χ4v) is 3.95. The molecule has 4 nitrogen and oxygen atoms in total. The van der Waals surface area contributed by atoms with E-state index in [9.17, 15) is 0 Å². The molecule has 20 heavy (non-hydrogen) atoms. The quantitative estimate of drug-likeness (QED) is 0.938. The van der Waals surface area contributed by atoms with Crippen molar-refractivity contribution in [3.8, 4) is 5.88 Å². The van der Waals surface area contributed by atoms with Gasteiger partial charge in [-0.05, 0) is 18.3 Å². The maximum atomic E-state index is 5.42. The lowest BCUT2D eigenvalue weighted by Gasteiger charge is -2.39. The number of aromatic nitrogens is 2. The van der Waals surface area contributed by atoms with Crippen molar-refractivity contribution in [2.45, 2.75) is 52.1 Å². The fraction of sp³-hybridized carbons (Fsp3) is 0.667. The Labute approximate surface area is 124 Å². The molecule has 0 aromatic carbocycles. The summed E-state index contributed by atoms with van der Waals surface area (Å²) in [6.45, 7) is 5.56. The van der Waals surface area contributed by atoms with E-state index in [-0.39, 0.29) is 0 Å². The summed E-state index contributed by atoms with van der Waals surface area (Å²) in [6.07, 6.45) is 7.33. The van der Waals surface area contributed by atoms with Crippen molar-refractivity contribution >= 4 is 16.3 Å². The van der Waals surface area contributed by atoms with Gasteiger partial charge in [0.15, 0.2) is 4.96 Å². The van der Waals surface area contributed by atoms with Crippen molar-refractivity contribution in [2.75, 3.05) is 7.11 Å². The van der Waals surface area contributed by atoms with Crippen molar-refractivity contribution < 1.29 is 4.74 Å². The molecular weight excluding hydrogens is 270 g/mol. The number of hydrogen-bond donors (Lipinski definition) is 1. The van der Waals surface area contributed by atoms with Crippen LogP contribution in [0.15, 0.2) is 11.6 Å². The number of ether oxygens (including phenoxy) is 1. The third-order valence-electron chi connectivity index (χ3n) is 4.54. The molecule has 0 radical (unpaired) electrons. The molecule has 0 aliphatic heterocycles. The second-order valence-electron chi connectivity index (χ2n) is 6.29. The minimum Gasteiger partial charge on any atom is -0.480 e. The number of nitrogens with zero attached hydrogens (tertiary/aromatic N) is 2. The van der Waals surface area contributed by atoms with Crippen molar-refractivity contribution in [3.05, 3.63) is 17.3 Å². The average molecular weight is 293 g/mol. The zero-order valence-electron chi connectivity index (χ0n) is 12.5. The van der Waals surface area contributed by atoms with Crippen LogP contribution in [0.5, 0.6) is 5.88 Å². The van der Waals surface area contributed by atoms with Gasteiger partial charge in [0.05, 0.1) is 7.11 Å². The zero-order valence-corrected chi connectivity index (χ0v) is 13.3. The Morgan fingerprint density at radius 2 is 2.35 bits per heavy atom. The summed E-state index contributed by atoms with van der Waals surface area (Å²) in [5.41, 5.74) is 1.51. The molecule has 2 heterocycles. The predicted octanol–water partition coefficient (Wildman–Crippen LogP) is 3.46. The van der Waals surface area contributed by atoms with Crippen LogP contribution in [0.25, 0.3) is 4.96 Å². The van der Waals surface area contributed by atoms with Gasteiger partial charge in [-0.25, -0.2) is 0 Å². The molecule has 1 fully saturated rings. The van der Waals surface area contributed by atoms with Crippen LogP contribution in [0.1, 0.15) is 45.2 Å². The van der Waals surface area contributed by atoms with E-state index in [4.69, 9.17) is 4.74 Å². The smallest absolute Gasteiger partial charge is 0.237 e. The van der Waals surface area contributed by atoms with Crippen LogP contribution in [-0.4, -0.2) is 22.5 Å². The SMILES string of the molecule is COc1nc2sccn2c1CNC1CCCCC1(C)C. The van der Waals surface area contributed by atoms with Crippen LogP contribution in [0.4, 0.5) is 0 Å². The van der Waals surface area contributed by atoms with E-state index in [2.05, 4.69) is 40.1 Å². The van der Waals surface area contributed by atoms with Gasteiger partial charge in [0.1, 0.15) is 5.69 Å². The van der Waals surface area contributed by atoms with Gasteiger partial charge in [-0.1, -0.05) is 26.7 Å². The zero-order chi connectivity index (χ0) is 14.2. The summed E-state index contributed by atoms with van der Waals surface area (Å²) in [4.78, 5) is 5.51. The number of rotatable bonds is 4. The first-order chi connectivity index (χ1) is 9.62. The number of nitrogens with one attached hydrogen (secondary N) is 1. The van der Waals surface area contributed by atoms with E-state index >= 15 is 0 Å². The van der Waals surface area contributed by atoms with Gasteiger partial charge in [-0.3, -0.25) is 4.40 Å². The van der Waals surface area contributed by atoms with E-state index in [0.717, 1.165) is 23.1 Å². The Balaban J connectivity index is 1.77. The van der Waals surface area contributed by atoms with Gasteiger partial charge in [-0.2, -0.15) is 4.98 Å². The summed E-state index contributed by atoms with van der Waals surface area (Å²) < 4.78 is 7.55. The van der Waals surface area contributed by atoms with Crippen LogP contribution >= 0.6 is 11.3 Å². The summed E-state index contributed by atoms with van der Waals surface area (Å²) in [5.74, 6) is 0.748. The first-order valence-electron chi connectivity index (χ1n) is 7.33. The molecule has 1 N–H and O–H groups in total. The summed E-state index contributed by atoms with van der Waals surface area (Å²) in [6, 6.07) is 0.574. The van der Waals surface area contributed by atoms with Crippen LogP contribution in [0, 0.1) is 5.41 Å². The molecule has 1 aliphatic carbocycles. The molecule has 1 saturated carbocycles. The third kappa shape index (κ3) is 2.44. The molecule has 5 heteroatoms. The molecule has 0 saturated heterocycles. The molecule has 110 valence electrons. The maximum absolute atomic E-state index is 5.42. The van der Waals surface area contributed by atoms with Gasteiger partial charge >= 0.3 is 0 Å². The Hall–Kier alpha value is -1.07. The highest BCUT2D eigenvalue weighted by Gasteiger charge is 2.32. The number of fused-ring (bicyclic) bond motifs is 1. The number of thiazole rings is 1. The first-order valence-corrected chi connectivity index (χ1v) is 8.21. The molecule has 0 amide bonds. The van der Waals surface area contributed by atoms with Gasteiger partial charge in [-0.15, -0.1) is 11.3 Å². The second-order valence-corrected chi connectivity index (χ2v) is 7.16. The number of imidazole rings is 1. The van der Waals surface area contributed by atoms with Gasteiger partial charge in [0, 0.05) is 24.2 Å². The number of hydrogen-bond acceptors (Lipinski definition) is 4. The molecule has 0 spiro atoms. The number of methoxy groups -OCH3 is 1. The summed E-state index contributed by atoms with van der Waals surface area (Å²) in [5, 5.41) is 5.80. The van der Waals surface area contributed by atoms with E-state index in [1.165, 1.54) is 25.7 Å². The minimum atomic E-state index is 0.379. The normalized spacial score (nSPS) is 22.2. The lowest BCUT2D eigenvalue weighted by Crippen LogP contribution is -2.43. The topological polar surface area (TPSA) is 38.6 Å². The van der Waals surface area contributed by atoms with Gasteiger partial charge in [0.2, 0.25) is 5.88 Å². The van der Waals surface area contributed by atoms with Crippen molar-refractivity contribution in [1.29, 1.82) is 0 Å². The maximum Gasteiger partial charge on any atom is 0.237 e. The standard InChI is InChI=1S/C15H23N3OS/c1-15(2)7-5-4-6-12(15)16-10-11-13(19-3)17-14-18(11)8-9-20-14/h8-9,12,16H,4-7,10H2,1-3H3. The molecule has 1 unspecified atom stereocenters. The van der Waals surface area contributed by atoms with Gasteiger partial charge < -0.3 is 10.1 Å². The molecule has 1 aliphatic rings. The molecule has 2 aromatic rings. The van der Waals surface area contributed by atoms with E-state index in [1.807, 2.05) is 0 Å². The molecule has 1 atom stereocenters. The van der Waals surface area contributed by atoms with Crippen molar-refractivity contribution in [3.63, 3.8) is 0 Å². The van der Waals surface area contributed by atoms with Crippen LogP contribution in [-0.2, 0) is 6.54 Å². The lowest BCUT2D eigenvalue weighted by atomic mass is 9.73. The average Bonchev–Trinajstić information content (AvgIpc) is 2.98. The first kappa shape index (κ1) is 13.9. The van der Waals surface area contributed by atoms with Gasteiger partial charge in [0.25, 0.3) is 0 Å². The Kier molecular flexibility index (Phi) is 3.73. The highest BCUT2D eigenvalue weighted by Crippen LogP contribution is 2.35. The van der Waals surface area contributed by atoms with E-state index in [0.29, 0.717) is 11.5 Å². The van der Waals surface area contributed by atoms with E-state index in [1.54, 1.807) is 18.4 Å². The Morgan fingerprint density at radius 1 is 1.50 bits per heavy atom. The molecule has 3 rings (SSSR count). The predicted molar refractivity (Wildman–Crippen MR) is 82.5 cm³/mol. The molecule has 2 aromatic heterocycles. The fourth-order valence-electron chi connectivity index (χ4n) is 3.23. The van der Waals surface area contributed by atoms with Crippen molar-refractivity contribution in [2.24, 2.45) is 5.41 Å². The summed E-state index contributed by atoms with van der Waals surface area (Å²) in [7, 11) is 1.69. The largest absolute Gasteiger partial charge is 0.480 e. The molecular formula is C15H23N3OS. The third-order valence-corrected chi connectivity index (χ3v) is 5.30. The lowest BCUT2D eigenvalue weighted by molar-refractivity contribution is 0.166. The van der Waals surface area contributed by atoms with Crippen LogP contribution in [0.2, 0.25) is 0 Å². The molecule has 0 bridgehead atoms. The minimum absolute atomic E-state index is 0.379. The second kappa shape index (κ2) is 5.37. The Morgan fingerprint density at radius 3 is 3.10 bits per heavy atom. The van der Waals surface area contributed by atoms with E-state index < -0.39 is 0 Å². The van der Waals surface area contributed by atoms with Crippen LogP contribution < -0.4 is 10.1 Å².